The van der Waals surface area contributed by atoms with Gasteiger partial charge in [0.25, 0.3) is 0 Å². The number of halogens is 3. The SMILES string of the molecule is Cc1ccc(C(c2ccccc2C(F)(F)F)N2CCNCC2)cc1. The van der Waals surface area contributed by atoms with Gasteiger partial charge in [-0.2, -0.15) is 13.2 Å². The maximum atomic E-state index is 13.5. The summed E-state index contributed by atoms with van der Waals surface area (Å²) < 4.78 is 40.6. The number of nitrogens with zero attached hydrogens (tertiary/aromatic N) is 1. The van der Waals surface area contributed by atoms with Crippen molar-refractivity contribution in [2.45, 2.75) is 19.1 Å². The summed E-state index contributed by atoms with van der Waals surface area (Å²) in [6.07, 6.45) is -4.35. The number of alkyl halides is 3. The van der Waals surface area contributed by atoms with E-state index in [0.29, 0.717) is 5.56 Å². The lowest BCUT2D eigenvalue weighted by Gasteiger charge is -2.36. The van der Waals surface area contributed by atoms with Crippen molar-refractivity contribution in [2.75, 3.05) is 26.2 Å². The van der Waals surface area contributed by atoms with E-state index in [9.17, 15) is 13.2 Å². The van der Waals surface area contributed by atoms with Gasteiger partial charge in [0.2, 0.25) is 0 Å². The van der Waals surface area contributed by atoms with E-state index in [-0.39, 0.29) is 6.04 Å². The molecule has 1 aliphatic heterocycles. The molecule has 1 fully saturated rings. The van der Waals surface area contributed by atoms with Crippen molar-refractivity contribution >= 4 is 0 Å². The average Bonchev–Trinajstić information content (AvgIpc) is 2.57. The largest absolute Gasteiger partial charge is 0.416 e. The number of benzene rings is 2. The van der Waals surface area contributed by atoms with E-state index < -0.39 is 11.7 Å². The fourth-order valence-electron chi connectivity index (χ4n) is 3.27. The third kappa shape index (κ3) is 3.62. The minimum atomic E-state index is -4.35. The van der Waals surface area contributed by atoms with Gasteiger partial charge in [-0.3, -0.25) is 4.90 Å². The first-order chi connectivity index (χ1) is 11.5. The molecular formula is C19H21F3N2. The molecule has 0 saturated carbocycles. The van der Waals surface area contributed by atoms with Crippen LogP contribution < -0.4 is 5.32 Å². The number of hydrogen-bond acceptors (Lipinski definition) is 2. The van der Waals surface area contributed by atoms with E-state index in [1.54, 1.807) is 12.1 Å². The second-order valence-electron chi connectivity index (χ2n) is 6.18. The Kier molecular flexibility index (Phi) is 4.92. The van der Waals surface area contributed by atoms with Gasteiger partial charge in [-0.1, -0.05) is 48.0 Å². The molecular weight excluding hydrogens is 313 g/mol. The van der Waals surface area contributed by atoms with Crippen molar-refractivity contribution in [1.82, 2.24) is 10.2 Å². The number of piperazine rings is 1. The average molecular weight is 334 g/mol. The van der Waals surface area contributed by atoms with Crippen LogP contribution in [0.1, 0.15) is 28.3 Å². The molecule has 1 unspecified atom stereocenters. The standard InChI is InChI=1S/C19H21F3N2/c1-14-6-8-15(9-7-14)18(24-12-10-23-11-13-24)16-4-2-3-5-17(16)19(20,21)22/h2-9,18,23H,10-13H2,1H3. The van der Waals surface area contributed by atoms with Gasteiger partial charge in [0, 0.05) is 26.2 Å². The maximum Gasteiger partial charge on any atom is 0.416 e. The lowest BCUT2D eigenvalue weighted by molar-refractivity contribution is -0.138. The highest BCUT2D eigenvalue weighted by Gasteiger charge is 2.37. The van der Waals surface area contributed by atoms with Gasteiger partial charge in [0.05, 0.1) is 11.6 Å². The molecule has 5 heteroatoms. The predicted octanol–water partition coefficient (Wildman–Crippen LogP) is 4.01. The number of hydrogen-bond donors (Lipinski definition) is 1. The fraction of sp³-hybridized carbons (Fsp3) is 0.368. The van der Waals surface area contributed by atoms with E-state index in [2.05, 4.69) is 10.2 Å². The molecule has 0 aliphatic carbocycles. The summed E-state index contributed by atoms with van der Waals surface area (Å²) in [6, 6.07) is 13.3. The van der Waals surface area contributed by atoms with E-state index in [1.165, 1.54) is 12.1 Å². The lowest BCUT2D eigenvalue weighted by Crippen LogP contribution is -2.45. The molecule has 2 aromatic carbocycles. The minimum Gasteiger partial charge on any atom is -0.314 e. The van der Waals surface area contributed by atoms with Crippen molar-refractivity contribution in [2.24, 2.45) is 0 Å². The summed E-state index contributed by atoms with van der Waals surface area (Å²) in [7, 11) is 0. The Balaban J connectivity index is 2.09. The molecule has 128 valence electrons. The molecule has 0 bridgehead atoms. The highest BCUT2D eigenvalue weighted by Crippen LogP contribution is 2.39. The van der Waals surface area contributed by atoms with Crippen LogP contribution in [0.15, 0.2) is 48.5 Å². The molecule has 0 amide bonds. The monoisotopic (exact) mass is 334 g/mol. The van der Waals surface area contributed by atoms with Gasteiger partial charge < -0.3 is 5.32 Å². The van der Waals surface area contributed by atoms with Crippen molar-refractivity contribution in [3.05, 3.63) is 70.8 Å². The van der Waals surface area contributed by atoms with Gasteiger partial charge in [-0.05, 0) is 24.1 Å². The first-order valence-corrected chi connectivity index (χ1v) is 8.14. The third-order valence-corrected chi connectivity index (χ3v) is 4.47. The first kappa shape index (κ1) is 17.0. The highest BCUT2D eigenvalue weighted by molar-refractivity contribution is 5.40. The van der Waals surface area contributed by atoms with Gasteiger partial charge in [-0.15, -0.1) is 0 Å². The zero-order chi connectivity index (χ0) is 17.2. The lowest BCUT2D eigenvalue weighted by atomic mass is 9.92. The Bertz CT molecular complexity index is 674. The molecule has 1 N–H and O–H groups in total. The van der Waals surface area contributed by atoms with E-state index in [4.69, 9.17) is 0 Å². The van der Waals surface area contributed by atoms with Crippen LogP contribution in [-0.2, 0) is 6.18 Å². The summed E-state index contributed by atoms with van der Waals surface area (Å²) in [6.45, 7) is 5.01. The zero-order valence-electron chi connectivity index (χ0n) is 13.6. The summed E-state index contributed by atoms with van der Waals surface area (Å²) in [4.78, 5) is 2.13. The normalized spacial score (nSPS) is 17.7. The Labute approximate surface area is 140 Å². The van der Waals surface area contributed by atoms with Crippen LogP contribution in [0.2, 0.25) is 0 Å². The van der Waals surface area contributed by atoms with E-state index in [0.717, 1.165) is 37.3 Å². The van der Waals surface area contributed by atoms with Gasteiger partial charge >= 0.3 is 6.18 Å². The van der Waals surface area contributed by atoms with Crippen molar-refractivity contribution in [1.29, 1.82) is 0 Å². The molecule has 0 radical (unpaired) electrons. The molecule has 24 heavy (non-hydrogen) atoms. The molecule has 1 saturated heterocycles. The fourth-order valence-corrected chi connectivity index (χ4v) is 3.27. The molecule has 2 aromatic rings. The predicted molar refractivity (Wildman–Crippen MR) is 88.9 cm³/mol. The summed E-state index contributed by atoms with van der Waals surface area (Å²) in [5.41, 5.74) is 1.78. The van der Waals surface area contributed by atoms with E-state index in [1.807, 2.05) is 31.2 Å². The van der Waals surface area contributed by atoms with Crippen LogP contribution in [0.3, 0.4) is 0 Å². The Morgan fingerprint density at radius 1 is 0.958 bits per heavy atom. The van der Waals surface area contributed by atoms with Crippen LogP contribution in [0, 0.1) is 6.92 Å². The second-order valence-corrected chi connectivity index (χ2v) is 6.18. The van der Waals surface area contributed by atoms with Crippen LogP contribution in [0.25, 0.3) is 0 Å². The zero-order valence-corrected chi connectivity index (χ0v) is 13.6. The van der Waals surface area contributed by atoms with Crippen molar-refractivity contribution in [3.63, 3.8) is 0 Å². The highest BCUT2D eigenvalue weighted by atomic mass is 19.4. The molecule has 0 spiro atoms. The Morgan fingerprint density at radius 3 is 2.21 bits per heavy atom. The quantitative estimate of drug-likeness (QED) is 0.912. The van der Waals surface area contributed by atoms with Crippen LogP contribution in [0.5, 0.6) is 0 Å². The Morgan fingerprint density at radius 2 is 1.58 bits per heavy atom. The van der Waals surface area contributed by atoms with Gasteiger partial charge in [0.1, 0.15) is 0 Å². The molecule has 2 nitrogen and oxygen atoms in total. The minimum absolute atomic E-state index is 0.329. The third-order valence-electron chi connectivity index (χ3n) is 4.47. The summed E-state index contributed by atoms with van der Waals surface area (Å²) in [5, 5.41) is 3.26. The summed E-state index contributed by atoms with van der Waals surface area (Å²) in [5.74, 6) is 0. The van der Waals surface area contributed by atoms with Gasteiger partial charge in [-0.25, -0.2) is 0 Å². The number of aryl methyl sites for hydroxylation is 1. The number of rotatable bonds is 3. The maximum absolute atomic E-state index is 13.5. The molecule has 1 aliphatic rings. The summed E-state index contributed by atoms with van der Waals surface area (Å²) >= 11 is 0. The smallest absolute Gasteiger partial charge is 0.314 e. The van der Waals surface area contributed by atoms with Crippen LogP contribution in [0.4, 0.5) is 13.2 Å². The first-order valence-electron chi connectivity index (χ1n) is 8.14. The van der Waals surface area contributed by atoms with Crippen LogP contribution in [-0.4, -0.2) is 31.1 Å². The molecule has 1 atom stereocenters. The molecule has 1 heterocycles. The van der Waals surface area contributed by atoms with Crippen LogP contribution >= 0.6 is 0 Å². The van der Waals surface area contributed by atoms with E-state index >= 15 is 0 Å². The topological polar surface area (TPSA) is 15.3 Å². The van der Waals surface area contributed by atoms with Crippen molar-refractivity contribution in [3.8, 4) is 0 Å². The number of nitrogens with one attached hydrogen (secondary N) is 1. The molecule has 0 aromatic heterocycles. The second kappa shape index (κ2) is 6.95. The molecule has 3 rings (SSSR count). The van der Waals surface area contributed by atoms with Crippen molar-refractivity contribution < 1.29 is 13.2 Å². The Hall–Kier alpha value is -1.85. The van der Waals surface area contributed by atoms with Gasteiger partial charge in [0.15, 0.2) is 0 Å².